The molecular formula is C19H26O6. The zero-order chi connectivity index (χ0) is 19.7. The van der Waals surface area contributed by atoms with Crippen LogP contribution in [0, 0.1) is 0 Å². The van der Waals surface area contributed by atoms with Crippen LogP contribution in [-0.2, 0) is 23.9 Å². The normalized spacial score (nSPS) is 8.80. The first kappa shape index (κ1) is 24.4. The zero-order valence-corrected chi connectivity index (χ0v) is 14.5. The summed E-state index contributed by atoms with van der Waals surface area (Å²) in [6, 6.07) is 0. The highest BCUT2D eigenvalue weighted by molar-refractivity contribution is 5.88. The van der Waals surface area contributed by atoms with E-state index in [1.54, 1.807) is 12.2 Å². The summed E-state index contributed by atoms with van der Waals surface area (Å²) in [6.45, 7) is 17.3. The molecule has 0 bridgehead atoms. The Morgan fingerprint density at radius 2 is 1.12 bits per heavy atom. The van der Waals surface area contributed by atoms with Crippen LogP contribution in [0.25, 0.3) is 0 Å². The maximum atomic E-state index is 11.4. The number of ether oxygens (including phenoxy) is 2. The van der Waals surface area contributed by atoms with Crippen LogP contribution in [0.15, 0.2) is 62.3 Å². The van der Waals surface area contributed by atoms with Crippen LogP contribution in [0.5, 0.6) is 0 Å². The third kappa shape index (κ3) is 15.8. The van der Waals surface area contributed by atoms with Crippen LogP contribution in [0.3, 0.4) is 0 Å². The fourth-order valence-electron chi connectivity index (χ4n) is 1.23. The van der Waals surface area contributed by atoms with E-state index in [9.17, 15) is 14.4 Å². The van der Waals surface area contributed by atoms with Gasteiger partial charge in [0.2, 0.25) is 0 Å². The molecule has 0 radical (unpaired) electrons. The van der Waals surface area contributed by atoms with Gasteiger partial charge in [-0.05, 0) is 25.7 Å². The topological polar surface area (TPSA) is 89.9 Å². The van der Waals surface area contributed by atoms with Crippen molar-refractivity contribution in [2.24, 2.45) is 0 Å². The predicted octanol–water partition coefficient (Wildman–Crippen LogP) is 3.37. The van der Waals surface area contributed by atoms with E-state index in [0.29, 0.717) is 36.8 Å². The second kappa shape index (κ2) is 16.0. The van der Waals surface area contributed by atoms with Gasteiger partial charge in [0, 0.05) is 17.2 Å². The first-order chi connectivity index (χ1) is 11.8. The van der Waals surface area contributed by atoms with E-state index >= 15 is 0 Å². The Labute approximate surface area is 148 Å². The summed E-state index contributed by atoms with van der Waals surface area (Å²) in [5, 5.41) is 7.60. The van der Waals surface area contributed by atoms with Crippen molar-refractivity contribution < 1.29 is 29.0 Å². The van der Waals surface area contributed by atoms with E-state index < -0.39 is 17.9 Å². The molecule has 0 amide bonds. The second-order valence-corrected chi connectivity index (χ2v) is 4.68. The monoisotopic (exact) mass is 350 g/mol. The van der Waals surface area contributed by atoms with Crippen LogP contribution in [0.2, 0.25) is 0 Å². The molecule has 0 aromatic rings. The predicted molar refractivity (Wildman–Crippen MR) is 96.9 cm³/mol. The Morgan fingerprint density at radius 1 is 0.800 bits per heavy atom. The molecule has 25 heavy (non-hydrogen) atoms. The SMILES string of the molecule is C=CC(=O)O.C=CCCC(=C)C(=O)OCCOC(=O)C(=C)CCC=C. The molecule has 0 fully saturated rings. The van der Waals surface area contributed by atoms with Gasteiger partial charge in [-0.1, -0.05) is 31.9 Å². The number of hydrogen-bond acceptors (Lipinski definition) is 5. The molecule has 0 saturated carbocycles. The first-order valence-corrected chi connectivity index (χ1v) is 7.57. The Hall–Kier alpha value is -2.89. The second-order valence-electron chi connectivity index (χ2n) is 4.68. The summed E-state index contributed by atoms with van der Waals surface area (Å²) in [5.74, 6) is -1.94. The van der Waals surface area contributed by atoms with Crippen molar-refractivity contribution in [2.45, 2.75) is 25.7 Å². The van der Waals surface area contributed by atoms with Gasteiger partial charge < -0.3 is 14.6 Å². The van der Waals surface area contributed by atoms with Crippen LogP contribution >= 0.6 is 0 Å². The molecule has 0 unspecified atom stereocenters. The lowest BCUT2D eigenvalue weighted by Gasteiger charge is -2.08. The molecule has 1 N–H and O–H groups in total. The molecule has 0 rings (SSSR count). The van der Waals surface area contributed by atoms with Crippen molar-refractivity contribution in [2.75, 3.05) is 13.2 Å². The van der Waals surface area contributed by atoms with Gasteiger partial charge in [0.1, 0.15) is 13.2 Å². The van der Waals surface area contributed by atoms with E-state index in [1.165, 1.54) is 0 Å². The van der Waals surface area contributed by atoms with Gasteiger partial charge in [-0.15, -0.1) is 13.2 Å². The van der Waals surface area contributed by atoms with Crippen molar-refractivity contribution in [1.29, 1.82) is 0 Å². The molecule has 0 atom stereocenters. The van der Waals surface area contributed by atoms with Gasteiger partial charge >= 0.3 is 17.9 Å². The average molecular weight is 350 g/mol. The summed E-state index contributed by atoms with van der Waals surface area (Å²) in [4.78, 5) is 32.1. The molecule has 0 heterocycles. The quantitative estimate of drug-likeness (QED) is 0.251. The van der Waals surface area contributed by atoms with Crippen molar-refractivity contribution in [3.05, 3.63) is 62.3 Å². The number of carboxylic acid groups (broad SMARTS) is 1. The van der Waals surface area contributed by atoms with Crippen LogP contribution < -0.4 is 0 Å². The van der Waals surface area contributed by atoms with Gasteiger partial charge in [0.05, 0.1) is 0 Å². The van der Waals surface area contributed by atoms with Crippen molar-refractivity contribution >= 4 is 17.9 Å². The van der Waals surface area contributed by atoms with Gasteiger partial charge in [0.15, 0.2) is 0 Å². The lowest BCUT2D eigenvalue weighted by atomic mass is 10.2. The number of carbonyl (C=O) groups excluding carboxylic acids is 2. The van der Waals surface area contributed by atoms with Crippen molar-refractivity contribution in [1.82, 2.24) is 0 Å². The highest BCUT2D eigenvalue weighted by atomic mass is 16.6. The van der Waals surface area contributed by atoms with Gasteiger partial charge in [-0.25, -0.2) is 14.4 Å². The van der Waals surface area contributed by atoms with E-state index in [4.69, 9.17) is 14.6 Å². The average Bonchev–Trinajstić information content (AvgIpc) is 2.60. The zero-order valence-electron chi connectivity index (χ0n) is 14.5. The Bertz CT molecular complexity index is 478. The Kier molecular flexibility index (Phi) is 15.6. The molecule has 0 aromatic carbocycles. The molecule has 0 aliphatic carbocycles. The molecule has 0 aliphatic heterocycles. The van der Waals surface area contributed by atoms with E-state index in [0.717, 1.165) is 6.08 Å². The fraction of sp³-hybridized carbons (Fsp3) is 0.316. The Balaban J connectivity index is 0. The standard InChI is InChI=1S/C16H22O4.C3H4O2/c1-5-7-9-13(3)15(17)19-11-12-20-16(18)14(4)10-8-6-2;1-2-3(4)5/h5-6H,1-4,7-12H2;2H,1H2,(H,4,5). The summed E-state index contributed by atoms with van der Waals surface area (Å²) < 4.78 is 9.83. The summed E-state index contributed by atoms with van der Waals surface area (Å²) in [5.41, 5.74) is 0.762. The minimum absolute atomic E-state index is 0.00637. The number of carboxylic acids is 1. The van der Waals surface area contributed by atoms with Crippen molar-refractivity contribution in [3.8, 4) is 0 Å². The van der Waals surface area contributed by atoms with Crippen LogP contribution in [0.4, 0.5) is 0 Å². The van der Waals surface area contributed by atoms with Gasteiger partial charge in [-0.3, -0.25) is 0 Å². The summed E-state index contributed by atoms with van der Waals surface area (Å²) >= 11 is 0. The Morgan fingerprint density at radius 3 is 1.36 bits per heavy atom. The number of carbonyl (C=O) groups is 3. The molecule has 0 aliphatic rings. The lowest BCUT2D eigenvalue weighted by Crippen LogP contribution is -2.15. The number of hydrogen-bond donors (Lipinski definition) is 1. The summed E-state index contributed by atoms with van der Waals surface area (Å²) in [7, 11) is 0. The maximum absolute atomic E-state index is 11.4. The highest BCUT2D eigenvalue weighted by Gasteiger charge is 2.10. The lowest BCUT2D eigenvalue weighted by molar-refractivity contribution is -0.147. The first-order valence-electron chi connectivity index (χ1n) is 7.57. The number of aliphatic carboxylic acids is 1. The van der Waals surface area contributed by atoms with E-state index in [1.807, 2.05) is 0 Å². The fourth-order valence-corrected chi connectivity index (χ4v) is 1.23. The third-order valence-electron chi connectivity index (χ3n) is 2.60. The van der Waals surface area contributed by atoms with Crippen LogP contribution in [-0.4, -0.2) is 36.2 Å². The third-order valence-corrected chi connectivity index (χ3v) is 2.60. The molecule has 0 aromatic heterocycles. The molecule has 6 nitrogen and oxygen atoms in total. The number of esters is 2. The van der Waals surface area contributed by atoms with E-state index in [2.05, 4.69) is 32.9 Å². The minimum Gasteiger partial charge on any atom is -0.478 e. The van der Waals surface area contributed by atoms with Gasteiger partial charge in [0.25, 0.3) is 0 Å². The summed E-state index contributed by atoms with van der Waals surface area (Å²) in [6.07, 6.45) is 6.61. The molecule has 0 saturated heterocycles. The highest BCUT2D eigenvalue weighted by Crippen LogP contribution is 2.06. The largest absolute Gasteiger partial charge is 0.478 e. The molecule has 138 valence electrons. The number of allylic oxidation sites excluding steroid dienone is 2. The smallest absolute Gasteiger partial charge is 0.333 e. The van der Waals surface area contributed by atoms with E-state index in [-0.39, 0.29) is 13.2 Å². The molecule has 0 spiro atoms. The minimum atomic E-state index is -0.981. The maximum Gasteiger partial charge on any atom is 0.333 e. The number of rotatable bonds is 12. The van der Waals surface area contributed by atoms with Crippen LogP contribution in [0.1, 0.15) is 25.7 Å². The van der Waals surface area contributed by atoms with Gasteiger partial charge in [-0.2, -0.15) is 0 Å². The molecule has 6 heteroatoms. The van der Waals surface area contributed by atoms with Crippen molar-refractivity contribution in [3.63, 3.8) is 0 Å². The molecular weight excluding hydrogens is 324 g/mol.